The number of rotatable bonds is 2. The number of nitrogens with zero attached hydrogens (tertiary/aromatic N) is 2. The maximum absolute atomic E-state index is 12.7. The van der Waals surface area contributed by atoms with E-state index in [0.717, 1.165) is 12.1 Å². The van der Waals surface area contributed by atoms with E-state index in [1.54, 1.807) is 10.9 Å². The largest absolute Gasteiger partial charge is 0.416 e. The Morgan fingerprint density at radius 2 is 1.84 bits per heavy atom. The van der Waals surface area contributed by atoms with Crippen LogP contribution in [0.15, 0.2) is 30.6 Å². The van der Waals surface area contributed by atoms with Crippen LogP contribution in [-0.4, -0.2) is 9.78 Å². The van der Waals surface area contributed by atoms with Gasteiger partial charge >= 0.3 is 6.18 Å². The highest BCUT2D eigenvalue weighted by molar-refractivity contribution is 5.67. The highest BCUT2D eigenvalue weighted by Crippen LogP contribution is 2.34. The van der Waals surface area contributed by atoms with E-state index in [0.29, 0.717) is 11.1 Å². The Morgan fingerprint density at radius 3 is 2.37 bits per heavy atom. The molecule has 2 aromatic rings. The van der Waals surface area contributed by atoms with Crippen LogP contribution in [0.1, 0.15) is 25.5 Å². The SMILES string of the molecule is CC(C)n1cc(-c2cc(N)cc(C(F)(F)F)c2)cn1. The van der Waals surface area contributed by atoms with Crippen LogP contribution in [0, 0.1) is 0 Å². The van der Waals surface area contributed by atoms with Gasteiger partial charge in [-0.25, -0.2) is 0 Å². The van der Waals surface area contributed by atoms with Crippen molar-refractivity contribution in [3.8, 4) is 11.1 Å². The normalized spacial score (nSPS) is 12.1. The number of hydrogen-bond acceptors (Lipinski definition) is 2. The summed E-state index contributed by atoms with van der Waals surface area (Å²) in [7, 11) is 0. The lowest BCUT2D eigenvalue weighted by Crippen LogP contribution is -2.06. The number of benzene rings is 1. The first-order chi connectivity index (χ1) is 8.77. The van der Waals surface area contributed by atoms with Crippen molar-refractivity contribution in [2.75, 3.05) is 5.73 Å². The third kappa shape index (κ3) is 2.89. The van der Waals surface area contributed by atoms with E-state index >= 15 is 0 Å². The number of halogens is 3. The van der Waals surface area contributed by atoms with Gasteiger partial charge in [-0.1, -0.05) is 0 Å². The molecular formula is C13H14F3N3. The molecule has 0 radical (unpaired) electrons. The lowest BCUT2D eigenvalue weighted by atomic mass is 10.0. The minimum absolute atomic E-state index is 0.0853. The average Bonchev–Trinajstić information content (AvgIpc) is 2.76. The van der Waals surface area contributed by atoms with E-state index in [1.807, 2.05) is 13.8 Å². The standard InChI is InChI=1S/C13H14F3N3/c1-8(2)19-7-10(6-18-19)9-3-11(13(14,15)16)5-12(17)4-9/h3-8H,17H2,1-2H3. The van der Waals surface area contributed by atoms with Crippen molar-refractivity contribution in [1.82, 2.24) is 9.78 Å². The Bertz CT molecular complexity index is 585. The molecule has 0 saturated heterocycles. The van der Waals surface area contributed by atoms with Crippen molar-refractivity contribution >= 4 is 5.69 Å². The summed E-state index contributed by atoms with van der Waals surface area (Å²) in [4.78, 5) is 0. The number of nitrogens with two attached hydrogens (primary N) is 1. The molecule has 1 heterocycles. The Balaban J connectivity index is 2.47. The molecule has 0 bridgehead atoms. The summed E-state index contributed by atoms with van der Waals surface area (Å²) in [5.41, 5.74) is 5.90. The molecule has 1 aromatic heterocycles. The summed E-state index contributed by atoms with van der Waals surface area (Å²) >= 11 is 0. The lowest BCUT2D eigenvalue weighted by Gasteiger charge is -2.09. The maximum atomic E-state index is 12.7. The van der Waals surface area contributed by atoms with E-state index in [2.05, 4.69) is 5.10 Å². The summed E-state index contributed by atoms with van der Waals surface area (Å²) in [6.07, 6.45) is -1.16. The van der Waals surface area contributed by atoms with Crippen LogP contribution >= 0.6 is 0 Å². The lowest BCUT2D eigenvalue weighted by molar-refractivity contribution is -0.137. The van der Waals surface area contributed by atoms with Gasteiger partial charge in [-0.15, -0.1) is 0 Å². The third-order valence-corrected chi connectivity index (χ3v) is 2.75. The molecule has 19 heavy (non-hydrogen) atoms. The summed E-state index contributed by atoms with van der Waals surface area (Å²) in [6, 6.07) is 3.67. The third-order valence-electron chi connectivity index (χ3n) is 2.75. The molecule has 0 fully saturated rings. The van der Waals surface area contributed by atoms with E-state index in [-0.39, 0.29) is 11.7 Å². The van der Waals surface area contributed by atoms with E-state index < -0.39 is 11.7 Å². The van der Waals surface area contributed by atoms with Gasteiger partial charge in [0.2, 0.25) is 0 Å². The van der Waals surface area contributed by atoms with Gasteiger partial charge in [-0.2, -0.15) is 18.3 Å². The van der Waals surface area contributed by atoms with Crippen molar-refractivity contribution in [3.05, 3.63) is 36.2 Å². The maximum Gasteiger partial charge on any atom is 0.416 e. The molecule has 1 aromatic carbocycles. The Labute approximate surface area is 108 Å². The number of aromatic nitrogens is 2. The first kappa shape index (κ1) is 13.5. The van der Waals surface area contributed by atoms with Gasteiger partial charge in [0.15, 0.2) is 0 Å². The van der Waals surface area contributed by atoms with Crippen LogP contribution in [0.5, 0.6) is 0 Å². The number of anilines is 1. The molecule has 0 spiro atoms. The Hall–Kier alpha value is -1.98. The van der Waals surface area contributed by atoms with Crippen LogP contribution in [0.25, 0.3) is 11.1 Å². The molecule has 0 aliphatic heterocycles. The van der Waals surface area contributed by atoms with Gasteiger partial charge in [0, 0.05) is 23.5 Å². The fourth-order valence-electron chi connectivity index (χ4n) is 1.75. The smallest absolute Gasteiger partial charge is 0.399 e. The predicted octanol–water partition coefficient (Wildman–Crippen LogP) is 3.73. The first-order valence-corrected chi connectivity index (χ1v) is 5.79. The van der Waals surface area contributed by atoms with Crippen molar-refractivity contribution in [1.29, 1.82) is 0 Å². The zero-order valence-electron chi connectivity index (χ0n) is 10.6. The highest BCUT2D eigenvalue weighted by atomic mass is 19.4. The average molecular weight is 269 g/mol. The molecule has 0 amide bonds. The number of alkyl halides is 3. The zero-order chi connectivity index (χ0) is 14.2. The van der Waals surface area contributed by atoms with Crippen molar-refractivity contribution < 1.29 is 13.2 Å². The van der Waals surface area contributed by atoms with Gasteiger partial charge in [0.25, 0.3) is 0 Å². The molecule has 0 aliphatic rings. The van der Waals surface area contributed by atoms with Gasteiger partial charge in [-0.05, 0) is 37.6 Å². The molecule has 2 rings (SSSR count). The second-order valence-corrected chi connectivity index (χ2v) is 4.64. The molecule has 0 saturated carbocycles. The van der Waals surface area contributed by atoms with Crippen LogP contribution in [0.4, 0.5) is 18.9 Å². The van der Waals surface area contributed by atoms with Crippen LogP contribution in [0.3, 0.4) is 0 Å². The molecule has 2 N–H and O–H groups in total. The molecule has 0 aliphatic carbocycles. The number of hydrogen-bond donors (Lipinski definition) is 1. The van der Waals surface area contributed by atoms with Crippen LogP contribution in [-0.2, 0) is 6.18 Å². The van der Waals surface area contributed by atoms with E-state index in [4.69, 9.17) is 5.73 Å². The second-order valence-electron chi connectivity index (χ2n) is 4.64. The molecule has 0 unspecified atom stereocenters. The van der Waals surface area contributed by atoms with Gasteiger partial charge in [0.1, 0.15) is 0 Å². The summed E-state index contributed by atoms with van der Waals surface area (Å²) < 4.78 is 39.8. The first-order valence-electron chi connectivity index (χ1n) is 5.79. The van der Waals surface area contributed by atoms with Crippen LogP contribution in [0.2, 0.25) is 0 Å². The molecular weight excluding hydrogens is 255 g/mol. The molecule has 0 atom stereocenters. The number of nitrogen functional groups attached to an aromatic ring is 1. The van der Waals surface area contributed by atoms with E-state index in [1.165, 1.54) is 12.3 Å². The highest BCUT2D eigenvalue weighted by Gasteiger charge is 2.31. The summed E-state index contributed by atoms with van der Waals surface area (Å²) in [5, 5.41) is 4.11. The van der Waals surface area contributed by atoms with E-state index in [9.17, 15) is 13.2 Å². The fraction of sp³-hybridized carbons (Fsp3) is 0.308. The van der Waals surface area contributed by atoms with Crippen molar-refractivity contribution in [2.24, 2.45) is 0 Å². The van der Waals surface area contributed by atoms with Gasteiger partial charge < -0.3 is 5.73 Å². The molecule has 3 nitrogen and oxygen atoms in total. The minimum atomic E-state index is -4.40. The molecule has 102 valence electrons. The Kier molecular flexibility index (Phi) is 3.26. The summed E-state index contributed by atoms with van der Waals surface area (Å²) in [5.74, 6) is 0. The topological polar surface area (TPSA) is 43.8 Å². The van der Waals surface area contributed by atoms with Gasteiger partial charge in [-0.3, -0.25) is 4.68 Å². The second kappa shape index (κ2) is 4.60. The fourth-order valence-corrected chi connectivity index (χ4v) is 1.75. The monoisotopic (exact) mass is 269 g/mol. The predicted molar refractivity (Wildman–Crippen MR) is 67.5 cm³/mol. The minimum Gasteiger partial charge on any atom is -0.399 e. The summed E-state index contributed by atoms with van der Waals surface area (Å²) in [6.45, 7) is 3.88. The van der Waals surface area contributed by atoms with Gasteiger partial charge in [0.05, 0.1) is 11.8 Å². The molecule has 6 heteroatoms. The quantitative estimate of drug-likeness (QED) is 0.844. The zero-order valence-corrected chi connectivity index (χ0v) is 10.6. The van der Waals surface area contributed by atoms with Crippen molar-refractivity contribution in [3.63, 3.8) is 0 Å². The van der Waals surface area contributed by atoms with Crippen molar-refractivity contribution in [2.45, 2.75) is 26.1 Å². The van der Waals surface area contributed by atoms with Crippen LogP contribution < -0.4 is 5.73 Å². The Morgan fingerprint density at radius 1 is 1.16 bits per heavy atom.